The van der Waals surface area contributed by atoms with Crippen molar-refractivity contribution in [3.8, 4) is 28.6 Å². The number of hydrogen-bond donors (Lipinski definition) is 1. The van der Waals surface area contributed by atoms with Crippen LogP contribution in [0.1, 0.15) is 10.4 Å². The molecule has 4 rings (SSSR count). The number of halogens is 2. The first kappa shape index (κ1) is 19.9. The summed E-state index contributed by atoms with van der Waals surface area (Å²) in [7, 11) is 1.52. The summed E-state index contributed by atoms with van der Waals surface area (Å²) in [6.07, 6.45) is 2.79. The van der Waals surface area contributed by atoms with Crippen LogP contribution in [-0.4, -0.2) is 28.1 Å². The lowest BCUT2D eigenvalue weighted by molar-refractivity contribution is 0.102. The van der Waals surface area contributed by atoms with Crippen LogP contribution in [0.4, 0.5) is 5.69 Å². The molecular formula is C21H14Cl2N4O3. The van der Waals surface area contributed by atoms with Crippen LogP contribution in [0.15, 0.2) is 65.4 Å². The Balaban J connectivity index is 1.68. The van der Waals surface area contributed by atoms with Crippen molar-refractivity contribution in [3.05, 3.63) is 76.5 Å². The topological polar surface area (TPSA) is 90.1 Å². The zero-order valence-electron chi connectivity index (χ0n) is 15.6. The third kappa shape index (κ3) is 3.98. The number of amides is 1. The van der Waals surface area contributed by atoms with E-state index in [9.17, 15) is 4.79 Å². The lowest BCUT2D eigenvalue weighted by atomic mass is 10.1. The first-order valence-electron chi connectivity index (χ1n) is 8.74. The van der Waals surface area contributed by atoms with Gasteiger partial charge < -0.3 is 14.6 Å². The van der Waals surface area contributed by atoms with Crippen LogP contribution in [0.3, 0.4) is 0 Å². The molecule has 4 aromatic rings. The summed E-state index contributed by atoms with van der Waals surface area (Å²) in [4.78, 5) is 21.1. The minimum atomic E-state index is -0.420. The summed E-state index contributed by atoms with van der Waals surface area (Å²) in [5.74, 6) is 0.713. The van der Waals surface area contributed by atoms with Gasteiger partial charge >= 0.3 is 0 Å². The van der Waals surface area contributed by atoms with Gasteiger partial charge in [-0.2, -0.15) is 4.98 Å². The molecule has 0 bridgehead atoms. The second kappa shape index (κ2) is 8.52. The van der Waals surface area contributed by atoms with Crippen LogP contribution in [0.25, 0.3) is 22.8 Å². The molecule has 7 nitrogen and oxygen atoms in total. The number of carbonyl (C=O) groups excluding carboxylic acids is 1. The Hall–Kier alpha value is -3.42. The molecular weight excluding hydrogens is 427 g/mol. The smallest absolute Gasteiger partial charge is 0.262 e. The molecule has 0 aliphatic heterocycles. The third-order valence-electron chi connectivity index (χ3n) is 4.24. The number of carbonyl (C=O) groups is 1. The van der Waals surface area contributed by atoms with E-state index in [-0.39, 0.29) is 21.6 Å². The molecule has 0 spiro atoms. The molecule has 9 heteroatoms. The summed E-state index contributed by atoms with van der Waals surface area (Å²) >= 11 is 12.2. The quantitative estimate of drug-likeness (QED) is 0.448. The van der Waals surface area contributed by atoms with E-state index in [1.807, 2.05) is 30.3 Å². The molecule has 2 heterocycles. The van der Waals surface area contributed by atoms with Crippen LogP contribution in [0.5, 0.6) is 5.75 Å². The zero-order chi connectivity index (χ0) is 21.1. The van der Waals surface area contributed by atoms with Crippen molar-refractivity contribution >= 4 is 34.8 Å². The van der Waals surface area contributed by atoms with Gasteiger partial charge in [0.25, 0.3) is 11.8 Å². The molecule has 0 saturated carbocycles. The highest BCUT2D eigenvalue weighted by molar-refractivity contribution is 6.39. The van der Waals surface area contributed by atoms with Crippen molar-refractivity contribution in [2.24, 2.45) is 0 Å². The van der Waals surface area contributed by atoms with Crippen molar-refractivity contribution in [2.75, 3.05) is 12.4 Å². The van der Waals surface area contributed by atoms with E-state index >= 15 is 0 Å². The van der Waals surface area contributed by atoms with E-state index < -0.39 is 5.91 Å². The molecule has 0 atom stereocenters. The van der Waals surface area contributed by atoms with Gasteiger partial charge in [-0.25, -0.2) is 0 Å². The summed E-state index contributed by atoms with van der Waals surface area (Å²) in [5, 5.41) is 7.17. The highest BCUT2D eigenvalue weighted by atomic mass is 35.5. The predicted octanol–water partition coefficient (Wildman–Crippen LogP) is 5.37. The lowest BCUT2D eigenvalue weighted by Gasteiger charge is -2.10. The Morgan fingerprint density at radius 1 is 1.07 bits per heavy atom. The zero-order valence-corrected chi connectivity index (χ0v) is 17.1. The molecule has 0 unspecified atom stereocenters. The Morgan fingerprint density at radius 2 is 1.80 bits per heavy atom. The van der Waals surface area contributed by atoms with Gasteiger partial charge in [-0.3, -0.25) is 9.78 Å². The van der Waals surface area contributed by atoms with Crippen LogP contribution in [0.2, 0.25) is 10.0 Å². The molecule has 1 amide bonds. The number of anilines is 1. The fraction of sp³-hybridized carbons (Fsp3) is 0.0476. The number of nitrogens with zero attached hydrogens (tertiary/aromatic N) is 3. The number of methoxy groups -OCH3 is 1. The van der Waals surface area contributed by atoms with Gasteiger partial charge in [-0.05, 0) is 18.2 Å². The molecule has 0 aliphatic carbocycles. The Kier molecular flexibility index (Phi) is 5.65. The molecule has 2 aromatic heterocycles. The SMILES string of the molecule is COc1ccc(C(=O)Nc2c(Cl)cncc2Cl)cc1-c1nc(-c2ccccc2)no1. The average Bonchev–Trinajstić information content (AvgIpc) is 3.26. The third-order valence-corrected chi connectivity index (χ3v) is 4.82. The van der Waals surface area contributed by atoms with E-state index in [1.165, 1.54) is 19.5 Å². The number of aromatic nitrogens is 3. The van der Waals surface area contributed by atoms with E-state index in [0.29, 0.717) is 22.7 Å². The van der Waals surface area contributed by atoms with Crippen LogP contribution in [0, 0.1) is 0 Å². The summed E-state index contributed by atoms with van der Waals surface area (Å²) in [6, 6.07) is 14.3. The molecule has 150 valence electrons. The average molecular weight is 441 g/mol. The standard InChI is InChI=1S/C21H14Cl2N4O3/c1-29-17-8-7-13(20(28)25-18-15(22)10-24-11-16(18)23)9-14(17)21-26-19(27-30-21)12-5-3-2-4-6-12/h2-11H,1H3,(H,24,25,28). The van der Waals surface area contributed by atoms with Gasteiger partial charge in [0.1, 0.15) is 5.75 Å². The Morgan fingerprint density at radius 3 is 2.50 bits per heavy atom. The molecule has 0 fully saturated rings. The number of pyridine rings is 1. The fourth-order valence-corrected chi connectivity index (χ4v) is 3.23. The second-order valence-corrected chi connectivity index (χ2v) is 6.95. The van der Waals surface area contributed by atoms with Gasteiger partial charge in [0, 0.05) is 23.5 Å². The molecule has 2 aromatic carbocycles. The maximum atomic E-state index is 12.8. The maximum Gasteiger partial charge on any atom is 0.262 e. The van der Waals surface area contributed by atoms with Gasteiger partial charge in [-0.15, -0.1) is 0 Å². The van der Waals surface area contributed by atoms with Crippen molar-refractivity contribution < 1.29 is 14.1 Å². The Bertz CT molecular complexity index is 1190. The summed E-state index contributed by atoms with van der Waals surface area (Å²) in [5.41, 5.74) is 1.89. The van der Waals surface area contributed by atoms with Crippen molar-refractivity contribution in [1.82, 2.24) is 15.1 Å². The predicted molar refractivity (Wildman–Crippen MR) is 114 cm³/mol. The molecule has 0 radical (unpaired) electrons. The summed E-state index contributed by atoms with van der Waals surface area (Å²) < 4.78 is 10.8. The fourth-order valence-electron chi connectivity index (χ4n) is 2.77. The first-order chi connectivity index (χ1) is 14.6. The monoisotopic (exact) mass is 440 g/mol. The van der Waals surface area contributed by atoms with Crippen LogP contribution >= 0.6 is 23.2 Å². The first-order valence-corrected chi connectivity index (χ1v) is 9.50. The van der Waals surface area contributed by atoms with Gasteiger partial charge in [0.2, 0.25) is 5.82 Å². The number of rotatable bonds is 5. The number of hydrogen-bond acceptors (Lipinski definition) is 6. The number of benzene rings is 2. The van der Waals surface area contributed by atoms with Crippen molar-refractivity contribution in [1.29, 1.82) is 0 Å². The maximum absolute atomic E-state index is 12.8. The normalized spacial score (nSPS) is 10.6. The van der Waals surface area contributed by atoms with Gasteiger partial charge in [-0.1, -0.05) is 58.7 Å². The number of nitrogens with one attached hydrogen (secondary N) is 1. The van der Waals surface area contributed by atoms with E-state index in [1.54, 1.807) is 18.2 Å². The number of ether oxygens (including phenoxy) is 1. The van der Waals surface area contributed by atoms with Gasteiger partial charge in [0.05, 0.1) is 28.4 Å². The lowest BCUT2D eigenvalue weighted by Crippen LogP contribution is -2.13. The highest BCUT2D eigenvalue weighted by Crippen LogP contribution is 2.33. The van der Waals surface area contributed by atoms with Crippen LogP contribution in [-0.2, 0) is 0 Å². The highest BCUT2D eigenvalue weighted by Gasteiger charge is 2.19. The van der Waals surface area contributed by atoms with Gasteiger partial charge in [0.15, 0.2) is 0 Å². The van der Waals surface area contributed by atoms with E-state index in [2.05, 4.69) is 20.4 Å². The Labute approximate surface area is 181 Å². The van der Waals surface area contributed by atoms with E-state index in [0.717, 1.165) is 5.56 Å². The summed E-state index contributed by atoms with van der Waals surface area (Å²) in [6.45, 7) is 0. The van der Waals surface area contributed by atoms with E-state index in [4.69, 9.17) is 32.5 Å². The molecule has 1 N–H and O–H groups in total. The van der Waals surface area contributed by atoms with Crippen LogP contribution < -0.4 is 10.1 Å². The molecule has 30 heavy (non-hydrogen) atoms. The second-order valence-electron chi connectivity index (χ2n) is 6.14. The minimum Gasteiger partial charge on any atom is -0.496 e. The largest absolute Gasteiger partial charge is 0.496 e. The van der Waals surface area contributed by atoms with Crippen molar-refractivity contribution in [3.63, 3.8) is 0 Å². The molecule has 0 aliphatic rings. The molecule has 0 saturated heterocycles. The minimum absolute atomic E-state index is 0.223. The van der Waals surface area contributed by atoms with Crippen molar-refractivity contribution in [2.45, 2.75) is 0 Å².